The quantitative estimate of drug-likeness (QED) is 0.125. The normalized spacial score (nSPS) is 22.6. The molecule has 2 aromatic carbocycles. The number of phenols is 2. The molecule has 0 aromatic heterocycles. The first-order valence-corrected chi connectivity index (χ1v) is 12.5. The number of ketones is 1. The van der Waals surface area contributed by atoms with E-state index in [2.05, 4.69) is 26.8 Å². The molecule has 3 N–H and O–H groups in total. The van der Waals surface area contributed by atoms with Crippen molar-refractivity contribution in [2.45, 2.75) is 50.7 Å². The molecule has 1 aliphatic heterocycles. The van der Waals surface area contributed by atoms with E-state index >= 15 is 0 Å². The van der Waals surface area contributed by atoms with E-state index in [1.165, 1.54) is 38.0 Å². The Bertz CT molecular complexity index is 1360. The van der Waals surface area contributed by atoms with Gasteiger partial charge in [-0.25, -0.2) is 0 Å². The van der Waals surface area contributed by atoms with E-state index in [9.17, 15) is 20.1 Å². The molecular formula is C31H34O7. The second kappa shape index (κ2) is 10.4. The van der Waals surface area contributed by atoms with Crippen LogP contribution in [-0.2, 0) is 9.53 Å². The summed E-state index contributed by atoms with van der Waals surface area (Å²) >= 11 is 0. The fourth-order valence-corrected chi connectivity index (χ4v) is 5.14. The van der Waals surface area contributed by atoms with Crippen molar-refractivity contribution >= 4 is 17.9 Å². The molecule has 0 amide bonds. The van der Waals surface area contributed by atoms with E-state index in [0.29, 0.717) is 28.2 Å². The van der Waals surface area contributed by atoms with Crippen LogP contribution in [0.4, 0.5) is 0 Å². The maximum absolute atomic E-state index is 12.3. The van der Waals surface area contributed by atoms with Crippen molar-refractivity contribution in [1.29, 1.82) is 0 Å². The summed E-state index contributed by atoms with van der Waals surface area (Å²) in [6.45, 7) is 6.22. The average molecular weight is 519 g/mol. The van der Waals surface area contributed by atoms with Crippen LogP contribution in [-0.4, -0.2) is 46.5 Å². The Morgan fingerprint density at radius 3 is 2.34 bits per heavy atom. The molecule has 2 atom stereocenters. The van der Waals surface area contributed by atoms with E-state index in [1.807, 2.05) is 6.07 Å². The number of aliphatic hydroxyl groups is 1. The summed E-state index contributed by atoms with van der Waals surface area (Å²) < 4.78 is 16.7. The van der Waals surface area contributed by atoms with Gasteiger partial charge in [0, 0.05) is 17.6 Å². The minimum atomic E-state index is -0.416. The van der Waals surface area contributed by atoms with Crippen LogP contribution in [0.2, 0.25) is 0 Å². The van der Waals surface area contributed by atoms with E-state index in [0.717, 1.165) is 18.9 Å². The van der Waals surface area contributed by atoms with E-state index in [1.54, 1.807) is 30.4 Å². The lowest BCUT2D eigenvalue weighted by molar-refractivity contribution is -0.110. The summed E-state index contributed by atoms with van der Waals surface area (Å²) in [5.74, 6) is -0.106. The maximum Gasteiger partial charge on any atom is 0.182 e. The lowest BCUT2D eigenvalue weighted by Crippen LogP contribution is -2.31. The molecule has 0 saturated carbocycles. The second-order valence-electron chi connectivity index (χ2n) is 10.2. The van der Waals surface area contributed by atoms with Gasteiger partial charge in [0.1, 0.15) is 11.4 Å². The van der Waals surface area contributed by atoms with Crippen LogP contribution >= 0.6 is 0 Å². The number of epoxide rings is 1. The highest BCUT2D eigenvalue weighted by molar-refractivity contribution is 6.02. The molecule has 0 radical (unpaired) electrons. The van der Waals surface area contributed by atoms with Crippen molar-refractivity contribution in [3.8, 4) is 23.0 Å². The molecule has 2 aliphatic rings. The minimum Gasteiger partial charge on any atom is -0.508 e. The van der Waals surface area contributed by atoms with Crippen LogP contribution in [0, 0.1) is 0 Å². The molecule has 7 heteroatoms. The largest absolute Gasteiger partial charge is 0.508 e. The van der Waals surface area contributed by atoms with Gasteiger partial charge in [0.15, 0.2) is 28.8 Å². The standard InChI is InChI=1S/C31H34O7/c1-19-12-13-31(30(2,3)38-31)25(14-19)24-15-21(17-28(37-5)29(24)35)7-10-23(33)18-22(32)9-6-20-8-11-26(34)27(16-20)36-4/h6-11,14-18,25,33-35H,12-13H2,1-5H3. The maximum atomic E-state index is 12.3. The number of carbonyl (C=O) groups excluding carboxylic acids is 1. The van der Waals surface area contributed by atoms with Crippen LogP contribution in [0.1, 0.15) is 56.2 Å². The molecule has 1 heterocycles. The fourth-order valence-electron chi connectivity index (χ4n) is 5.14. The van der Waals surface area contributed by atoms with Crippen molar-refractivity contribution in [1.82, 2.24) is 0 Å². The first-order chi connectivity index (χ1) is 18.0. The van der Waals surface area contributed by atoms with E-state index in [-0.39, 0.29) is 34.4 Å². The zero-order valence-electron chi connectivity index (χ0n) is 22.3. The van der Waals surface area contributed by atoms with Gasteiger partial charge in [0.05, 0.1) is 19.8 Å². The number of aromatic hydroxyl groups is 2. The number of rotatable bonds is 8. The molecule has 1 spiro atoms. The highest BCUT2D eigenvalue weighted by atomic mass is 16.6. The summed E-state index contributed by atoms with van der Waals surface area (Å²) in [5.41, 5.74) is 2.59. The molecule has 2 unspecified atom stereocenters. The number of allylic oxidation sites excluding steroid dienone is 4. The molecule has 4 rings (SSSR count). The second-order valence-corrected chi connectivity index (χ2v) is 10.2. The summed E-state index contributed by atoms with van der Waals surface area (Å²) in [4.78, 5) is 12.3. The zero-order chi connectivity index (χ0) is 27.7. The molecule has 38 heavy (non-hydrogen) atoms. The summed E-state index contributed by atoms with van der Waals surface area (Å²) in [6.07, 6.45) is 11.0. The molecule has 1 aliphatic carbocycles. The third-order valence-corrected chi connectivity index (χ3v) is 7.32. The molecular weight excluding hydrogens is 484 g/mol. The fraction of sp³-hybridized carbons (Fsp3) is 0.323. The van der Waals surface area contributed by atoms with Gasteiger partial charge in [-0.3, -0.25) is 4.79 Å². The summed E-state index contributed by atoms with van der Waals surface area (Å²) in [5, 5.41) is 31.0. The number of benzene rings is 2. The number of carbonyl (C=O) groups is 1. The van der Waals surface area contributed by atoms with E-state index < -0.39 is 5.78 Å². The minimum absolute atomic E-state index is 0.00542. The molecule has 2 aromatic rings. The predicted octanol–water partition coefficient (Wildman–Crippen LogP) is 6.22. The van der Waals surface area contributed by atoms with Crippen LogP contribution < -0.4 is 9.47 Å². The third kappa shape index (κ3) is 5.34. The Hall–Kier alpha value is -3.97. The Morgan fingerprint density at radius 1 is 1.03 bits per heavy atom. The van der Waals surface area contributed by atoms with Crippen LogP contribution in [0.25, 0.3) is 12.2 Å². The Kier molecular flexibility index (Phi) is 7.42. The molecule has 1 saturated heterocycles. The molecule has 0 bridgehead atoms. The van der Waals surface area contributed by atoms with E-state index in [4.69, 9.17) is 14.2 Å². The number of hydrogen-bond donors (Lipinski definition) is 3. The topological polar surface area (TPSA) is 109 Å². The Labute approximate surface area is 223 Å². The van der Waals surface area contributed by atoms with Crippen LogP contribution in [0.5, 0.6) is 23.0 Å². The van der Waals surface area contributed by atoms with Crippen molar-refractivity contribution < 1.29 is 34.3 Å². The monoisotopic (exact) mass is 518 g/mol. The number of ether oxygens (including phenoxy) is 3. The lowest BCUT2D eigenvalue weighted by Gasteiger charge is -2.30. The van der Waals surface area contributed by atoms with Crippen LogP contribution in [0.15, 0.2) is 66.0 Å². The average Bonchev–Trinajstić information content (AvgIpc) is 3.44. The highest BCUT2D eigenvalue weighted by Gasteiger charge is 2.67. The highest BCUT2D eigenvalue weighted by Crippen LogP contribution is 2.62. The molecule has 200 valence electrons. The number of phenolic OH excluding ortho intramolecular Hbond substituents is 2. The first-order valence-electron chi connectivity index (χ1n) is 12.5. The van der Waals surface area contributed by atoms with Crippen molar-refractivity contribution in [2.24, 2.45) is 0 Å². The van der Waals surface area contributed by atoms with Gasteiger partial charge in [0.2, 0.25) is 0 Å². The number of hydrogen-bond acceptors (Lipinski definition) is 7. The van der Waals surface area contributed by atoms with Gasteiger partial charge in [0.25, 0.3) is 0 Å². The van der Waals surface area contributed by atoms with Gasteiger partial charge >= 0.3 is 0 Å². The number of aliphatic hydroxyl groups excluding tert-OH is 1. The predicted molar refractivity (Wildman–Crippen MR) is 147 cm³/mol. The lowest BCUT2D eigenvalue weighted by atomic mass is 9.71. The number of methoxy groups -OCH3 is 2. The zero-order valence-corrected chi connectivity index (χ0v) is 22.3. The Balaban J connectivity index is 1.56. The van der Waals surface area contributed by atoms with Crippen molar-refractivity contribution in [3.05, 3.63) is 82.7 Å². The first kappa shape index (κ1) is 27.1. The van der Waals surface area contributed by atoms with Crippen molar-refractivity contribution in [2.75, 3.05) is 14.2 Å². The summed E-state index contributed by atoms with van der Waals surface area (Å²) in [6, 6.07) is 8.25. The summed E-state index contributed by atoms with van der Waals surface area (Å²) in [7, 11) is 2.94. The van der Waals surface area contributed by atoms with Gasteiger partial charge in [-0.05, 0) is 81.2 Å². The van der Waals surface area contributed by atoms with Gasteiger partial charge in [-0.15, -0.1) is 0 Å². The smallest absolute Gasteiger partial charge is 0.182 e. The third-order valence-electron chi connectivity index (χ3n) is 7.32. The molecule has 7 nitrogen and oxygen atoms in total. The van der Waals surface area contributed by atoms with Gasteiger partial charge < -0.3 is 29.5 Å². The van der Waals surface area contributed by atoms with Gasteiger partial charge in [-0.1, -0.05) is 29.9 Å². The SMILES string of the molecule is COc1cc(C=CC(=O)C=C(O)C=Cc2cc(OC)c(O)c(C3C=C(C)CCC34OC4(C)C)c2)ccc1O. The molecule has 1 fully saturated rings. The Morgan fingerprint density at radius 2 is 1.68 bits per heavy atom. The van der Waals surface area contributed by atoms with Crippen LogP contribution in [0.3, 0.4) is 0 Å². The van der Waals surface area contributed by atoms with Crippen molar-refractivity contribution in [3.63, 3.8) is 0 Å². The van der Waals surface area contributed by atoms with Gasteiger partial charge in [-0.2, -0.15) is 0 Å².